The summed E-state index contributed by atoms with van der Waals surface area (Å²) in [7, 11) is 0. The molecule has 3 rings (SSSR count). The van der Waals surface area contributed by atoms with Gasteiger partial charge in [0.25, 0.3) is 11.8 Å². The lowest BCUT2D eigenvalue weighted by atomic mass is 10.1. The van der Waals surface area contributed by atoms with Gasteiger partial charge in [0, 0.05) is 6.07 Å². The zero-order chi connectivity index (χ0) is 19.0. The van der Waals surface area contributed by atoms with Gasteiger partial charge in [-0.05, 0) is 35.9 Å². The van der Waals surface area contributed by atoms with E-state index >= 15 is 0 Å². The third-order valence-electron chi connectivity index (χ3n) is 3.56. The molecule has 1 saturated heterocycles. The standard InChI is InChI=1S/C16H9Cl2N3O5/c17-11-3-2-9(7-12(11)18)20-16(24)10(15(23)19-20)5-8-1-4-14(22)13(6-8)21(25)26/h1-7,22H,(H,19,23)/b10-5+. The van der Waals surface area contributed by atoms with Crippen molar-refractivity contribution in [2.24, 2.45) is 0 Å². The van der Waals surface area contributed by atoms with Crippen molar-refractivity contribution in [3.63, 3.8) is 0 Å². The summed E-state index contributed by atoms with van der Waals surface area (Å²) in [5, 5.41) is 21.8. The summed E-state index contributed by atoms with van der Waals surface area (Å²) in [4.78, 5) is 34.8. The number of halogens is 2. The van der Waals surface area contributed by atoms with Gasteiger partial charge in [-0.3, -0.25) is 25.1 Å². The van der Waals surface area contributed by atoms with Gasteiger partial charge in [-0.2, -0.15) is 0 Å². The van der Waals surface area contributed by atoms with E-state index in [0.717, 1.165) is 17.1 Å². The highest BCUT2D eigenvalue weighted by atomic mass is 35.5. The fraction of sp³-hybridized carbons (Fsp3) is 0. The third kappa shape index (κ3) is 3.19. The van der Waals surface area contributed by atoms with Gasteiger partial charge in [0.15, 0.2) is 5.75 Å². The Labute approximate surface area is 156 Å². The molecule has 0 radical (unpaired) electrons. The number of amides is 2. The highest BCUT2D eigenvalue weighted by Gasteiger charge is 2.34. The molecule has 132 valence electrons. The molecule has 0 aliphatic carbocycles. The van der Waals surface area contributed by atoms with Crippen LogP contribution in [0.4, 0.5) is 11.4 Å². The maximum absolute atomic E-state index is 12.5. The second-order valence-corrected chi connectivity index (χ2v) is 6.06. The smallest absolute Gasteiger partial charge is 0.311 e. The van der Waals surface area contributed by atoms with Crippen LogP contribution in [0.25, 0.3) is 6.08 Å². The molecule has 1 aliphatic heterocycles. The number of carbonyl (C=O) groups is 2. The van der Waals surface area contributed by atoms with Crippen LogP contribution >= 0.6 is 23.2 Å². The molecule has 2 aromatic rings. The molecule has 0 bridgehead atoms. The Hall–Kier alpha value is -3.10. The van der Waals surface area contributed by atoms with Crippen molar-refractivity contribution in [1.29, 1.82) is 0 Å². The van der Waals surface area contributed by atoms with Crippen LogP contribution < -0.4 is 10.4 Å². The quantitative estimate of drug-likeness (QED) is 0.360. The first-order chi connectivity index (χ1) is 12.3. The number of benzene rings is 2. The van der Waals surface area contributed by atoms with E-state index in [2.05, 4.69) is 5.43 Å². The molecule has 2 amide bonds. The van der Waals surface area contributed by atoms with E-state index < -0.39 is 28.2 Å². The Morgan fingerprint density at radius 1 is 1.12 bits per heavy atom. The fourth-order valence-electron chi connectivity index (χ4n) is 2.31. The number of nitro groups is 1. The number of phenols is 1. The fourth-order valence-corrected chi connectivity index (χ4v) is 2.60. The van der Waals surface area contributed by atoms with E-state index in [-0.39, 0.29) is 16.2 Å². The van der Waals surface area contributed by atoms with Crippen molar-refractivity contribution in [2.45, 2.75) is 0 Å². The summed E-state index contributed by atoms with van der Waals surface area (Å²) < 4.78 is 0. The van der Waals surface area contributed by atoms with Crippen LogP contribution in [0, 0.1) is 10.1 Å². The van der Waals surface area contributed by atoms with Crippen LogP contribution in [0.5, 0.6) is 5.75 Å². The van der Waals surface area contributed by atoms with Gasteiger partial charge in [0.05, 0.1) is 20.7 Å². The summed E-state index contributed by atoms with van der Waals surface area (Å²) in [5.41, 5.74) is 2.13. The van der Waals surface area contributed by atoms with E-state index in [9.17, 15) is 24.8 Å². The first-order valence-electron chi connectivity index (χ1n) is 7.07. The van der Waals surface area contributed by atoms with E-state index in [1.54, 1.807) is 0 Å². The minimum atomic E-state index is -0.768. The molecule has 0 aromatic heterocycles. The van der Waals surface area contributed by atoms with E-state index in [0.29, 0.717) is 10.7 Å². The number of hydrazine groups is 1. The van der Waals surface area contributed by atoms with Gasteiger partial charge in [-0.25, -0.2) is 5.01 Å². The number of phenolic OH excluding ortho intramolecular Hbond substituents is 1. The summed E-state index contributed by atoms with van der Waals surface area (Å²) in [6, 6.07) is 7.90. The molecular formula is C16H9Cl2N3O5. The van der Waals surface area contributed by atoms with Crippen molar-refractivity contribution < 1.29 is 19.6 Å². The van der Waals surface area contributed by atoms with Gasteiger partial charge < -0.3 is 5.11 Å². The average Bonchev–Trinajstić information content (AvgIpc) is 2.87. The monoisotopic (exact) mass is 393 g/mol. The van der Waals surface area contributed by atoms with Crippen molar-refractivity contribution in [2.75, 3.05) is 5.01 Å². The topological polar surface area (TPSA) is 113 Å². The highest BCUT2D eigenvalue weighted by Crippen LogP contribution is 2.30. The molecule has 0 saturated carbocycles. The van der Waals surface area contributed by atoms with Gasteiger partial charge in [-0.15, -0.1) is 0 Å². The summed E-state index contributed by atoms with van der Waals surface area (Å²) in [5.74, 6) is -1.86. The number of carbonyl (C=O) groups excluding carboxylic acids is 2. The molecule has 10 heteroatoms. The number of anilines is 1. The second kappa shape index (κ2) is 6.66. The van der Waals surface area contributed by atoms with Crippen molar-refractivity contribution >= 4 is 52.5 Å². The summed E-state index contributed by atoms with van der Waals surface area (Å²) >= 11 is 11.8. The molecule has 1 fully saturated rings. The minimum absolute atomic E-state index is 0.206. The highest BCUT2D eigenvalue weighted by molar-refractivity contribution is 6.42. The Bertz CT molecular complexity index is 990. The maximum Gasteiger partial charge on any atom is 0.311 e. The van der Waals surface area contributed by atoms with Crippen LogP contribution in [0.1, 0.15) is 5.56 Å². The van der Waals surface area contributed by atoms with Gasteiger partial charge >= 0.3 is 5.69 Å². The minimum Gasteiger partial charge on any atom is -0.502 e. The second-order valence-electron chi connectivity index (χ2n) is 5.24. The molecule has 0 unspecified atom stereocenters. The van der Waals surface area contributed by atoms with E-state index in [4.69, 9.17) is 23.2 Å². The molecule has 2 aromatic carbocycles. The SMILES string of the molecule is O=C1NN(c2ccc(Cl)c(Cl)c2)C(=O)/C1=C/c1ccc(O)c([N+](=O)[O-])c1. The molecular weight excluding hydrogens is 385 g/mol. The lowest BCUT2D eigenvalue weighted by Gasteiger charge is -2.15. The number of nitrogens with one attached hydrogen (secondary N) is 1. The van der Waals surface area contributed by atoms with Crippen molar-refractivity contribution in [3.05, 3.63) is 67.7 Å². The summed E-state index contributed by atoms with van der Waals surface area (Å²) in [6.45, 7) is 0. The predicted octanol–water partition coefficient (Wildman–Crippen LogP) is 3.07. The molecule has 0 spiro atoms. The van der Waals surface area contributed by atoms with Gasteiger partial charge in [-0.1, -0.05) is 29.3 Å². The first-order valence-corrected chi connectivity index (χ1v) is 7.83. The summed E-state index contributed by atoms with van der Waals surface area (Å²) in [6.07, 6.45) is 1.20. The first kappa shape index (κ1) is 17.7. The number of aromatic hydroxyl groups is 1. The Morgan fingerprint density at radius 3 is 2.50 bits per heavy atom. The van der Waals surface area contributed by atoms with Crippen LogP contribution in [0.2, 0.25) is 10.0 Å². The Kier molecular flexibility index (Phi) is 4.54. The van der Waals surface area contributed by atoms with E-state index in [1.807, 2.05) is 0 Å². The maximum atomic E-state index is 12.5. The lowest BCUT2D eigenvalue weighted by Crippen LogP contribution is -2.35. The average molecular weight is 394 g/mol. The molecule has 8 nitrogen and oxygen atoms in total. The zero-order valence-corrected chi connectivity index (χ0v) is 14.3. The molecule has 2 N–H and O–H groups in total. The van der Waals surface area contributed by atoms with Crippen molar-refractivity contribution in [3.8, 4) is 5.75 Å². The largest absolute Gasteiger partial charge is 0.502 e. The number of nitro benzene ring substituents is 1. The molecule has 1 heterocycles. The predicted molar refractivity (Wildman–Crippen MR) is 94.8 cm³/mol. The number of hydrogen-bond donors (Lipinski definition) is 2. The third-order valence-corrected chi connectivity index (χ3v) is 4.30. The molecule has 0 atom stereocenters. The molecule has 26 heavy (non-hydrogen) atoms. The van der Waals surface area contributed by atoms with Crippen LogP contribution in [0.15, 0.2) is 42.0 Å². The normalized spacial score (nSPS) is 15.5. The van der Waals surface area contributed by atoms with Crippen LogP contribution in [-0.2, 0) is 9.59 Å². The van der Waals surface area contributed by atoms with Gasteiger partial charge in [0.2, 0.25) is 0 Å². The lowest BCUT2D eigenvalue weighted by molar-refractivity contribution is -0.385. The Morgan fingerprint density at radius 2 is 1.85 bits per heavy atom. The number of rotatable bonds is 3. The molecule has 1 aliphatic rings. The van der Waals surface area contributed by atoms with Gasteiger partial charge in [0.1, 0.15) is 5.57 Å². The van der Waals surface area contributed by atoms with Crippen LogP contribution in [-0.4, -0.2) is 21.8 Å². The van der Waals surface area contributed by atoms with Crippen molar-refractivity contribution in [1.82, 2.24) is 5.43 Å². The number of nitrogens with zero attached hydrogens (tertiary/aromatic N) is 2. The van der Waals surface area contributed by atoms with Crippen LogP contribution in [0.3, 0.4) is 0 Å². The van der Waals surface area contributed by atoms with E-state index in [1.165, 1.54) is 30.3 Å². The zero-order valence-electron chi connectivity index (χ0n) is 12.8. The number of hydrogen-bond acceptors (Lipinski definition) is 5. The Balaban J connectivity index is 1.96.